The standard InChI is InChI=1S/C13H20O/c1-4-5-6-13(14)12-8-7-10(2)11(3)9-12/h7-9,13-14H,4-6H2,1-3H3. The Kier molecular flexibility index (Phi) is 4.15. The summed E-state index contributed by atoms with van der Waals surface area (Å²) >= 11 is 0. The average Bonchev–Trinajstić information content (AvgIpc) is 2.18. The zero-order valence-corrected chi connectivity index (χ0v) is 9.38. The van der Waals surface area contributed by atoms with E-state index in [0.717, 1.165) is 24.8 Å². The van der Waals surface area contributed by atoms with E-state index >= 15 is 0 Å². The predicted molar refractivity (Wildman–Crippen MR) is 60.4 cm³/mol. The topological polar surface area (TPSA) is 20.2 Å². The van der Waals surface area contributed by atoms with E-state index in [0.29, 0.717) is 0 Å². The SMILES string of the molecule is CCCCC(O)c1ccc(C)c(C)c1. The molecule has 1 N–H and O–H groups in total. The van der Waals surface area contributed by atoms with Gasteiger partial charge in [0.1, 0.15) is 0 Å². The van der Waals surface area contributed by atoms with Crippen LogP contribution in [0.1, 0.15) is 49.0 Å². The van der Waals surface area contributed by atoms with Gasteiger partial charge in [0.05, 0.1) is 6.10 Å². The molecule has 0 aliphatic heterocycles. The lowest BCUT2D eigenvalue weighted by Gasteiger charge is -2.11. The van der Waals surface area contributed by atoms with Crippen LogP contribution in [-0.4, -0.2) is 5.11 Å². The Bertz CT molecular complexity index is 291. The van der Waals surface area contributed by atoms with Gasteiger partial charge < -0.3 is 5.11 Å². The van der Waals surface area contributed by atoms with E-state index in [9.17, 15) is 5.11 Å². The van der Waals surface area contributed by atoms with E-state index in [2.05, 4.69) is 32.9 Å². The van der Waals surface area contributed by atoms with Gasteiger partial charge in [-0.3, -0.25) is 0 Å². The Morgan fingerprint density at radius 2 is 1.93 bits per heavy atom. The smallest absolute Gasteiger partial charge is 0.0790 e. The van der Waals surface area contributed by atoms with Crippen LogP contribution in [0.5, 0.6) is 0 Å². The molecule has 1 unspecified atom stereocenters. The van der Waals surface area contributed by atoms with Crippen molar-refractivity contribution in [3.05, 3.63) is 34.9 Å². The molecule has 0 fully saturated rings. The second-order valence-electron chi connectivity index (χ2n) is 4.00. The van der Waals surface area contributed by atoms with Gasteiger partial charge in [-0.15, -0.1) is 0 Å². The Balaban J connectivity index is 2.70. The summed E-state index contributed by atoms with van der Waals surface area (Å²) in [6.07, 6.45) is 2.82. The van der Waals surface area contributed by atoms with Crippen molar-refractivity contribution >= 4 is 0 Å². The summed E-state index contributed by atoms with van der Waals surface area (Å²) < 4.78 is 0. The van der Waals surface area contributed by atoms with Crippen molar-refractivity contribution in [3.8, 4) is 0 Å². The first-order valence-corrected chi connectivity index (χ1v) is 5.40. The number of unbranched alkanes of at least 4 members (excludes halogenated alkanes) is 1. The fourth-order valence-electron chi connectivity index (χ4n) is 1.54. The molecule has 0 saturated carbocycles. The third-order valence-corrected chi connectivity index (χ3v) is 2.75. The highest BCUT2D eigenvalue weighted by atomic mass is 16.3. The number of hydrogen-bond acceptors (Lipinski definition) is 1. The van der Waals surface area contributed by atoms with Crippen molar-refractivity contribution in [3.63, 3.8) is 0 Å². The predicted octanol–water partition coefficient (Wildman–Crippen LogP) is 3.53. The minimum Gasteiger partial charge on any atom is -0.388 e. The summed E-state index contributed by atoms with van der Waals surface area (Å²) in [5, 5.41) is 9.87. The largest absolute Gasteiger partial charge is 0.388 e. The summed E-state index contributed by atoms with van der Waals surface area (Å²) in [6, 6.07) is 6.21. The molecule has 1 atom stereocenters. The average molecular weight is 192 g/mol. The molecule has 78 valence electrons. The summed E-state index contributed by atoms with van der Waals surface area (Å²) in [5.41, 5.74) is 3.61. The molecule has 1 aromatic carbocycles. The molecule has 1 nitrogen and oxygen atoms in total. The zero-order chi connectivity index (χ0) is 10.6. The van der Waals surface area contributed by atoms with Crippen LogP contribution in [0.4, 0.5) is 0 Å². The van der Waals surface area contributed by atoms with Gasteiger partial charge in [-0.1, -0.05) is 38.0 Å². The maximum atomic E-state index is 9.87. The quantitative estimate of drug-likeness (QED) is 0.773. The first-order valence-electron chi connectivity index (χ1n) is 5.40. The van der Waals surface area contributed by atoms with Gasteiger partial charge in [-0.25, -0.2) is 0 Å². The zero-order valence-electron chi connectivity index (χ0n) is 9.38. The third-order valence-electron chi connectivity index (χ3n) is 2.75. The van der Waals surface area contributed by atoms with E-state index in [-0.39, 0.29) is 6.10 Å². The molecule has 1 rings (SSSR count). The van der Waals surface area contributed by atoms with E-state index in [1.54, 1.807) is 0 Å². The van der Waals surface area contributed by atoms with Gasteiger partial charge in [0, 0.05) is 0 Å². The molecule has 0 heterocycles. The molecular formula is C13H20O. The second-order valence-corrected chi connectivity index (χ2v) is 4.00. The number of rotatable bonds is 4. The van der Waals surface area contributed by atoms with Crippen LogP contribution < -0.4 is 0 Å². The highest BCUT2D eigenvalue weighted by Crippen LogP contribution is 2.21. The molecule has 1 heteroatoms. The van der Waals surface area contributed by atoms with E-state index in [4.69, 9.17) is 0 Å². The van der Waals surface area contributed by atoms with E-state index in [1.165, 1.54) is 11.1 Å². The Hall–Kier alpha value is -0.820. The lowest BCUT2D eigenvalue weighted by Crippen LogP contribution is -1.98. The summed E-state index contributed by atoms with van der Waals surface area (Å²) in [4.78, 5) is 0. The Morgan fingerprint density at radius 1 is 1.21 bits per heavy atom. The minimum atomic E-state index is -0.283. The van der Waals surface area contributed by atoms with Gasteiger partial charge in [-0.2, -0.15) is 0 Å². The molecule has 0 bridgehead atoms. The normalized spacial score (nSPS) is 12.9. The molecule has 0 aromatic heterocycles. The van der Waals surface area contributed by atoms with Crippen molar-refractivity contribution in [2.24, 2.45) is 0 Å². The van der Waals surface area contributed by atoms with Crippen molar-refractivity contribution in [2.45, 2.75) is 46.1 Å². The first kappa shape index (κ1) is 11.3. The molecular weight excluding hydrogens is 172 g/mol. The van der Waals surface area contributed by atoms with Gasteiger partial charge in [0.2, 0.25) is 0 Å². The first-order chi connectivity index (χ1) is 6.65. The van der Waals surface area contributed by atoms with Crippen LogP contribution in [0.25, 0.3) is 0 Å². The summed E-state index contributed by atoms with van der Waals surface area (Å²) in [7, 11) is 0. The lowest BCUT2D eigenvalue weighted by molar-refractivity contribution is 0.164. The Labute approximate surface area is 86.8 Å². The van der Waals surface area contributed by atoms with Crippen molar-refractivity contribution < 1.29 is 5.11 Å². The fraction of sp³-hybridized carbons (Fsp3) is 0.538. The maximum Gasteiger partial charge on any atom is 0.0790 e. The highest BCUT2D eigenvalue weighted by Gasteiger charge is 2.07. The summed E-state index contributed by atoms with van der Waals surface area (Å²) in [6.45, 7) is 6.33. The van der Waals surface area contributed by atoms with Crippen LogP contribution >= 0.6 is 0 Å². The van der Waals surface area contributed by atoms with Crippen LogP contribution in [0, 0.1) is 13.8 Å². The molecule has 1 aromatic rings. The molecule has 0 aliphatic carbocycles. The monoisotopic (exact) mass is 192 g/mol. The van der Waals surface area contributed by atoms with Crippen LogP contribution in [0.15, 0.2) is 18.2 Å². The minimum absolute atomic E-state index is 0.283. The molecule has 0 amide bonds. The number of benzene rings is 1. The van der Waals surface area contributed by atoms with Crippen molar-refractivity contribution in [1.29, 1.82) is 0 Å². The van der Waals surface area contributed by atoms with Crippen LogP contribution in [0.3, 0.4) is 0 Å². The van der Waals surface area contributed by atoms with Crippen LogP contribution in [0.2, 0.25) is 0 Å². The van der Waals surface area contributed by atoms with Gasteiger partial charge in [-0.05, 0) is 37.0 Å². The molecule has 0 spiro atoms. The second kappa shape index (κ2) is 5.16. The van der Waals surface area contributed by atoms with E-state index < -0.39 is 0 Å². The fourth-order valence-corrected chi connectivity index (χ4v) is 1.54. The van der Waals surface area contributed by atoms with Crippen LogP contribution in [-0.2, 0) is 0 Å². The lowest BCUT2D eigenvalue weighted by atomic mass is 10.00. The number of aryl methyl sites for hydroxylation is 2. The van der Waals surface area contributed by atoms with Gasteiger partial charge in [0.15, 0.2) is 0 Å². The highest BCUT2D eigenvalue weighted by molar-refractivity contribution is 5.30. The molecule has 0 saturated heterocycles. The number of aliphatic hydroxyl groups excluding tert-OH is 1. The van der Waals surface area contributed by atoms with Crippen molar-refractivity contribution in [1.82, 2.24) is 0 Å². The summed E-state index contributed by atoms with van der Waals surface area (Å²) in [5.74, 6) is 0. The van der Waals surface area contributed by atoms with Gasteiger partial charge in [0.25, 0.3) is 0 Å². The number of hydrogen-bond donors (Lipinski definition) is 1. The maximum absolute atomic E-state index is 9.87. The van der Waals surface area contributed by atoms with Crippen molar-refractivity contribution in [2.75, 3.05) is 0 Å². The Morgan fingerprint density at radius 3 is 2.50 bits per heavy atom. The van der Waals surface area contributed by atoms with E-state index in [1.807, 2.05) is 6.07 Å². The third kappa shape index (κ3) is 2.85. The van der Waals surface area contributed by atoms with Gasteiger partial charge >= 0.3 is 0 Å². The molecule has 0 radical (unpaired) electrons. The molecule has 0 aliphatic rings. The molecule has 14 heavy (non-hydrogen) atoms. The number of aliphatic hydroxyl groups is 1.